The Kier molecular flexibility index (Phi) is 6.87. The Morgan fingerprint density at radius 2 is 1.59 bits per heavy atom. The van der Waals surface area contributed by atoms with Gasteiger partial charge in [-0.15, -0.1) is 0 Å². The van der Waals surface area contributed by atoms with Crippen LogP contribution in [0.3, 0.4) is 0 Å². The number of rotatable bonds is 8. The number of halogens is 1. The number of amides is 2. The van der Waals surface area contributed by atoms with E-state index < -0.39 is 23.8 Å². The SMILES string of the molecule is O=C(O)CCCNC(=O)c1cc(NC(=O)OCC2c3ccccc3-c3ccccc32)ccc1F. The number of benzene rings is 3. The molecule has 174 valence electrons. The molecular weight excluding hydrogens is 439 g/mol. The molecule has 4 rings (SSSR count). The van der Waals surface area contributed by atoms with Crippen molar-refractivity contribution in [3.8, 4) is 11.1 Å². The van der Waals surface area contributed by atoms with Gasteiger partial charge in [-0.05, 0) is 46.9 Å². The smallest absolute Gasteiger partial charge is 0.411 e. The molecule has 0 atom stereocenters. The number of anilines is 1. The average molecular weight is 462 g/mol. The predicted octanol–water partition coefficient (Wildman–Crippen LogP) is 4.78. The largest absolute Gasteiger partial charge is 0.481 e. The third kappa shape index (κ3) is 5.06. The van der Waals surface area contributed by atoms with Crippen LogP contribution in [0.1, 0.15) is 40.2 Å². The number of fused-ring (bicyclic) bond motifs is 3. The van der Waals surface area contributed by atoms with Crippen LogP contribution in [0.15, 0.2) is 66.7 Å². The van der Waals surface area contributed by atoms with Gasteiger partial charge >= 0.3 is 12.1 Å². The van der Waals surface area contributed by atoms with Gasteiger partial charge < -0.3 is 15.2 Å². The summed E-state index contributed by atoms with van der Waals surface area (Å²) in [6.07, 6.45) is -0.603. The van der Waals surface area contributed by atoms with Crippen molar-refractivity contribution < 1.29 is 28.6 Å². The molecule has 0 saturated heterocycles. The lowest BCUT2D eigenvalue weighted by Crippen LogP contribution is -2.26. The Hall–Kier alpha value is -4.20. The second kappa shape index (κ2) is 10.2. The van der Waals surface area contributed by atoms with Crippen LogP contribution in [0, 0.1) is 5.82 Å². The van der Waals surface area contributed by atoms with Crippen molar-refractivity contribution in [2.75, 3.05) is 18.5 Å². The van der Waals surface area contributed by atoms with Crippen LogP contribution < -0.4 is 10.6 Å². The summed E-state index contributed by atoms with van der Waals surface area (Å²) in [5.41, 5.74) is 4.34. The molecule has 1 aliphatic rings. The maximum Gasteiger partial charge on any atom is 0.411 e. The van der Waals surface area contributed by atoms with Crippen LogP contribution in [-0.4, -0.2) is 36.2 Å². The molecule has 1 aliphatic carbocycles. The van der Waals surface area contributed by atoms with Gasteiger partial charge in [0, 0.05) is 24.6 Å². The Morgan fingerprint density at radius 1 is 0.941 bits per heavy atom. The fourth-order valence-electron chi connectivity index (χ4n) is 4.07. The lowest BCUT2D eigenvalue weighted by atomic mass is 9.98. The molecule has 0 spiro atoms. The highest BCUT2D eigenvalue weighted by atomic mass is 19.1. The van der Waals surface area contributed by atoms with E-state index in [4.69, 9.17) is 9.84 Å². The number of carboxylic acid groups (broad SMARTS) is 1. The van der Waals surface area contributed by atoms with Gasteiger partial charge in [-0.25, -0.2) is 9.18 Å². The zero-order valence-corrected chi connectivity index (χ0v) is 18.2. The summed E-state index contributed by atoms with van der Waals surface area (Å²) in [6, 6.07) is 19.6. The van der Waals surface area contributed by atoms with E-state index in [9.17, 15) is 18.8 Å². The van der Waals surface area contributed by atoms with Crippen LogP contribution in [0.25, 0.3) is 11.1 Å². The van der Waals surface area contributed by atoms with Gasteiger partial charge in [0.2, 0.25) is 0 Å². The van der Waals surface area contributed by atoms with Crippen LogP contribution in [0.4, 0.5) is 14.9 Å². The molecule has 0 fully saturated rings. The molecular formula is C26H23FN2O5. The van der Waals surface area contributed by atoms with E-state index in [1.807, 2.05) is 48.5 Å². The molecule has 0 saturated carbocycles. The molecule has 3 N–H and O–H groups in total. The summed E-state index contributed by atoms with van der Waals surface area (Å²) in [5.74, 6) is -2.53. The molecule has 34 heavy (non-hydrogen) atoms. The molecule has 0 bridgehead atoms. The molecule has 0 radical (unpaired) electrons. The molecule has 7 nitrogen and oxygen atoms in total. The summed E-state index contributed by atoms with van der Waals surface area (Å²) < 4.78 is 19.6. The summed E-state index contributed by atoms with van der Waals surface area (Å²) in [6.45, 7) is 0.215. The van der Waals surface area contributed by atoms with Crippen molar-refractivity contribution in [2.45, 2.75) is 18.8 Å². The van der Waals surface area contributed by atoms with E-state index in [2.05, 4.69) is 10.6 Å². The Bertz CT molecular complexity index is 1200. The van der Waals surface area contributed by atoms with Crippen molar-refractivity contribution in [3.63, 3.8) is 0 Å². The highest BCUT2D eigenvalue weighted by molar-refractivity contribution is 5.96. The van der Waals surface area contributed by atoms with Crippen LogP contribution in [0.5, 0.6) is 0 Å². The van der Waals surface area contributed by atoms with Gasteiger partial charge in [-0.2, -0.15) is 0 Å². The number of aliphatic carboxylic acids is 1. The first-order valence-electron chi connectivity index (χ1n) is 10.9. The first-order valence-corrected chi connectivity index (χ1v) is 10.9. The summed E-state index contributed by atoms with van der Waals surface area (Å²) in [5, 5.41) is 13.6. The van der Waals surface area contributed by atoms with Gasteiger partial charge in [-0.3, -0.25) is 14.9 Å². The molecule has 8 heteroatoms. The second-order valence-electron chi connectivity index (χ2n) is 7.90. The van der Waals surface area contributed by atoms with Crippen LogP contribution in [-0.2, 0) is 9.53 Å². The standard InChI is InChI=1S/C26H23FN2O5/c27-23-12-11-16(14-21(23)25(32)28-13-5-10-24(30)31)29-26(33)34-15-22-19-8-3-1-6-17(19)18-7-2-4-9-20(18)22/h1-4,6-9,11-12,14,22H,5,10,13,15H2,(H,28,32)(H,29,33)(H,30,31). The average Bonchev–Trinajstić information content (AvgIpc) is 3.15. The number of carboxylic acids is 1. The van der Waals surface area contributed by atoms with E-state index in [-0.39, 0.29) is 43.2 Å². The Morgan fingerprint density at radius 3 is 2.24 bits per heavy atom. The van der Waals surface area contributed by atoms with E-state index in [0.717, 1.165) is 28.3 Å². The van der Waals surface area contributed by atoms with Crippen molar-refractivity contribution in [2.24, 2.45) is 0 Å². The first kappa shape index (κ1) is 23.0. The number of carbonyl (C=O) groups excluding carboxylic acids is 2. The van der Waals surface area contributed by atoms with E-state index in [1.165, 1.54) is 12.1 Å². The van der Waals surface area contributed by atoms with Crippen LogP contribution >= 0.6 is 0 Å². The number of nitrogens with one attached hydrogen (secondary N) is 2. The molecule has 3 aromatic carbocycles. The topological polar surface area (TPSA) is 105 Å². The normalized spacial score (nSPS) is 11.9. The Balaban J connectivity index is 1.38. The van der Waals surface area contributed by atoms with Gasteiger partial charge in [0.1, 0.15) is 12.4 Å². The molecule has 2 amide bonds. The zero-order valence-electron chi connectivity index (χ0n) is 18.2. The second-order valence-corrected chi connectivity index (χ2v) is 7.90. The number of hydrogen-bond acceptors (Lipinski definition) is 4. The van der Waals surface area contributed by atoms with Crippen molar-refractivity contribution in [3.05, 3.63) is 89.2 Å². The van der Waals surface area contributed by atoms with Crippen LogP contribution in [0.2, 0.25) is 0 Å². The van der Waals surface area contributed by atoms with Crippen molar-refractivity contribution >= 4 is 23.7 Å². The zero-order chi connectivity index (χ0) is 24.1. The summed E-state index contributed by atoms with van der Waals surface area (Å²) in [4.78, 5) is 35.2. The lowest BCUT2D eigenvalue weighted by molar-refractivity contribution is -0.137. The fraction of sp³-hybridized carbons (Fsp3) is 0.192. The Labute approximate surface area is 195 Å². The van der Waals surface area contributed by atoms with Gasteiger partial charge in [0.15, 0.2) is 0 Å². The van der Waals surface area contributed by atoms with E-state index in [0.29, 0.717) is 0 Å². The minimum atomic E-state index is -0.977. The number of hydrogen-bond donors (Lipinski definition) is 3. The minimum Gasteiger partial charge on any atom is -0.481 e. The molecule has 0 unspecified atom stereocenters. The fourth-order valence-corrected chi connectivity index (χ4v) is 4.07. The van der Waals surface area contributed by atoms with E-state index >= 15 is 0 Å². The monoisotopic (exact) mass is 462 g/mol. The summed E-state index contributed by atoms with van der Waals surface area (Å²) >= 11 is 0. The third-order valence-electron chi connectivity index (χ3n) is 5.65. The lowest BCUT2D eigenvalue weighted by Gasteiger charge is -2.15. The highest BCUT2D eigenvalue weighted by Crippen LogP contribution is 2.44. The van der Waals surface area contributed by atoms with Gasteiger partial charge in [0.05, 0.1) is 5.56 Å². The molecule has 0 aliphatic heterocycles. The minimum absolute atomic E-state index is 0.0919. The van der Waals surface area contributed by atoms with Crippen molar-refractivity contribution in [1.82, 2.24) is 5.32 Å². The maximum absolute atomic E-state index is 14.1. The highest BCUT2D eigenvalue weighted by Gasteiger charge is 2.29. The van der Waals surface area contributed by atoms with Crippen molar-refractivity contribution in [1.29, 1.82) is 0 Å². The number of carbonyl (C=O) groups is 3. The van der Waals surface area contributed by atoms with Gasteiger partial charge in [-0.1, -0.05) is 48.5 Å². The molecule has 0 aromatic heterocycles. The predicted molar refractivity (Wildman–Crippen MR) is 124 cm³/mol. The summed E-state index contributed by atoms with van der Waals surface area (Å²) in [7, 11) is 0. The molecule has 0 heterocycles. The van der Waals surface area contributed by atoms with Gasteiger partial charge in [0.25, 0.3) is 5.91 Å². The number of ether oxygens (including phenoxy) is 1. The quantitative estimate of drug-likeness (QED) is 0.418. The maximum atomic E-state index is 14.1. The molecule has 3 aromatic rings. The third-order valence-corrected chi connectivity index (χ3v) is 5.65. The van der Waals surface area contributed by atoms with E-state index in [1.54, 1.807) is 0 Å². The first-order chi connectivity index (χ1) is 16.4.